The van der Waals surface area contributed by atoms with Crippen LogP contribution in [-0.2, 0) is 0 Å². The lowest BCUT2D eigenvalue weighted by atomic mass is 10.1. The Hall–Kier alpha value is -2.34. The van der Waals surface area contributed by atoms with Crippen molar-refractivity contribution in [3.05, 3.63) is 48.4 Å². The van der Waals surface area contributed by atoms with Crippen molar-refractivity contribution >= 4 is 23.3 Å². The smallest absolute Gasteiger partial charge is 0.254 e. The minimum Gasteiger partial charge on any atom is -0.365 e. The number of aromatic nitrogens is 3. The summed E-state index contributed by atoms with van der Waals surface area (Å²) in [6.07, 6.45) is 5.03. The highest BCUT2D eigenvalue weighted by molar-refractivity contribution is 7.99. The Balaban J connectivity index is 2.05. The van der Waals surface area contributed by atoms with Crippen molar-refractivity contribution in [2.45, 2.75) is 11.8 Å². The molecule has 3 aromatic rings. The quantitative estimate of drug-likeness (QED) is 0.751. The van der Waals surface area contributed by atoms with Gasteiger partial charge in [-0.05, 0) is 23.4 Å². The zero-order chi connectivity index (χ0) is 14.8. The molecule has 0 spiro atoms. The zero-order valence-corrected chi connectivity index (χ0v) is 12.3. The van der Waals surface area contributed by atoms with Gasteiger partial charge in [-0.1, -0.05) is 19.1 Å². The predicted molar refractivity (Wildman–Crippen MR) is 83.3 cm³/mol. The lowest BCUT2D eigenvalue weighted by Crippen LogP contribution is -2.10. The molecule has 0 atom stereocenters. The maximum Gasteiger partial charge on any atom is 0.254 e. The average molecular weight is 298 g/mol. The third-order valence-corrected chi connectivity index (χ3v) is 3.98. The van der Waals surface area contributed by atoms with Crippen molar-refractivity contribution < 1.29 is 4.79 Å². The molecule has 0 saturated heterocycles. The third-order valence-electron chi connectivity index (χ3n) is 3.10. The van der Waals surface area contributed by atoms with E-state index in [1.807, 2.05) is 18.3 Å². The van der Waals surface area contributed by atoms with Crippen LogP contribution in [0.15, 0.2) is 47.8 Å². The Labute approximate surface area is 126 Å². The summed E-state index contributed by atoms with van der Waals surface area (Å²) in [5, 5.41) is 4.13. The second kappa shape index (κ2) is 5.57. The van der Waals surface area contributed by atoms with Crippen molar-refractivity contribution in [3.63, 3.8) is 0 Å². The van der Waals surface area contributed by atoms with Crippen LogP contribution in [0.3, 0.4) is 0 Å². The van der Waals surface area contributed by atoms with Gasteiger partial charge in [-0.25, -0.2) is 9.50 Å². The highest BCUT2D eigenvalue weighted by atomic mass is 32.2. The number of amides is 1. The van der Waals surface area contributed by atoms with Crippen LogP contribution in [-0.4, -0.2) is 26.3 Å². The Morgan fingerprint density at radius 1 is 1.33 bits per heavy atom. The minimum absolute atomic E-state index is 0.330. The molecule has 0 fully saturated rings. The second-order valence-corrected chi connectivity index (χ2v) is 5.83. The molecule has 21 heavy (non-hydrogen) atoms. The van der Waals surface area contributed by atoms with Gasteiger partial charge in [0.25, 0.3) is 5.91 Å². The van der Waals surface area contributed by atoms with E-state index in [4.69, 9.17) is 5.73 Å². The van der Waals surface area contributed by atoms with E-state index in [-0.39, 0.29) is 0 Å². The maximum atomic E-state index is 11.3. The van der Waals surface area contributed by atoms with Crippen LogP contribution in [0.25, 0.3) is 16.8 Å². The molecule has 5 nitrogen and oxygen atoms in total. The maximum absolute atomic E-state index is 11.3. The van der Waals surface area contributed by atoms with E-state index in [2.05, 4.69) is 29.1 Å². The summed E-state index contributed by atoms with van der Waals surface area (Å²) < 4.78 is 1.58. The van der Waals surface area contributed by atoms with Gasteiger partial charge in [0.05, 0.1) is 6.20 Å². The topological polar surface area (TPSA) is 73.3 Å². The minimum atomic E-state index is -0.522. The molecule has 1 amide bonds. The molecule has 0 aliphatic rings. The molecule has 0 unspecified atom stereocenters. The number of nitrogens with zero attached hydrogens (tertiary/aromatic N) is 3. The van der Waals surface area contributed by atoms with Crippen LogP contribution in [0.5, 0.6) is 0 Å². The van der Waals surface area contributed by atoms with Gasteiger partial charge in [-0.15, -0.1) is 11.8 Å². The number of nitrogens with two attached hydrogens (primary N) is 1. The lowest BCUT2D eigenvalue weighted by Gasteiger charge is -2.05. The van der Waals surface area contributed by atoms with Crippen molar-refractivity contribution in [2.24, 2.45) is 5.73 Å². The first-order valence-corrected chi connectivity index (χ1v) is 7.54. The highest BCUT2D eigenvalue weighted by Crippen LogP contribution is 2.25. The van der Waals surface area contributed by atoms with Crippen LogP contribution in [0.2, 0.25) is 0 Å². The molecule has 0 aliphatic heterocycles. The van der Waals surface area contributed by atoms with E-state index in [9.17, 15) is 4.79 Å². The number of benzene rings is 1. The van der Waals surface area contributed by atoms with E-state index in [0.29, 0.717) is 11.2 Å². The largest absolute Gasteiger partial charge is 0.365 e. The summed E-state index contributed by atoms with van der Waals surface area (Å²) in [6, 6.07) is 8.26. The summed E-state index contributed by atoms with van der Waals surface area (Å²) in [6.45, 7) is 2.13. The summed E-state index contributed by atoms with van der Waals surface area (Å²) >= 11 is 1.79. The molecular weight excluding hydrogens is 284 g/mol. The van der Waals surface area contributed by atoms with E-state index < -0.39 is 5.91 Å². The number of hydrogen-bond donors (Lipinski definition) is 1. The van der Waals surface area contributed by atoms with Crippen molar-refractivity contribution in [1.82, 2.24) is 14.6 Å². The molecule has 0 aliphatic carbocycles. The van der Waals surface area contributed by atoms with Gasteiger partial charge < -0.3 is 5.73 Å². The highest BCUT2D eigenvalue weighted by Gasteiger charge is 2.11. The Kier molecular flexibility index (Phi) is 3.62. The Morgan fingerprint density at radius 2 is 2.19 bits per heavy atom. The zero-order valence-electron chi connectivity index (χ0n) is 11.5. The molecule has 1 aromatic carbocycles. The first-order chi connectivity index (χ1) is 10.2. The summed E-state index contributed by atoms with van der Waals surface area (Å²) in [5.41, 5.74) is 8.11. The van der Waals surface area contributed by atoms with Gasteiger partial charge in [0, 0.05) is 22.9 Å². The van der Waals surface area contributed by atoms with E-state index in [0.717, 1.165) is 16.9 Å². The molecule has 106 valence electrons. The van der Waals surface area contributed by atoms with Gasteiger partial charge in [0.1, 0.15) is 5.56 Å². The number of carbonyl (C=O) groups is 1. The molecule has 3 rings (SSSR count). The molecule has 6 heteroatoms. The molecule has 0 saturated carbocycles. The summed E-state index contributed by atoms with van der Waals surface area (Å²) in [7, 11) is 0. The molecule has 2 aromatic heterocycles. The molecular formula is C15H14N4OS. The molecule has 0 radical (unpaired) electrons. The van der Waals surface area contributed by atoms with Crippen LogP contribution in [0, 0.1) is 0 Å². The first-order valence-electron chi connectivity index (χ1n) is 6.55. The lowest BCUT2D eigenvalue weighted by molar-refractivity contribution is 0.100. The molecule has 2 heterocycles. The number of carbonyl (C=O) groups excluding carboxylic acids is 1. The van der Waals surface area contributed by atoms with Crippen LogP contribution < -0.4 is 5.73 Å². The van der Waals surface area contributed by atoms with Crippen molar-refractivity contribution in [1.29, 1.82) is 0 Å². The van der Waals surface area contributed by atoms with E-state index >= 15 is 0 Å². The van der Waals surface area contributed by atoms with Crippen molar-refractivity contribution in [3.8, 4) is 11.1 Å². The number of rotatable bonds is 4. The van der Waals surface area contributed by atoms with Crippen LogP contribution in [0.1, 0.15) is 17.3 Å². The number of fused-ring (bicyclic) bond motifs is 1. The van der Waals surface area contributed by atoms with Crippen LogP contribution in [0.4, 0.5) is 0 Å². The third kappa shape index (κ3) is 2.62. The van der Waals surface area contributed by atoms with Crippen molar-refractivity contribution in [2.75, 3.05) is 5.75 Å². The SMILES string of the molecule is CCSc1cccc(-c2cnc3c(C(N)=O)cnn3c2)c1. The monoisotopic (exact) mass is 298 g/mol. The fourth-order valence-electron chi connectivity index (χ4n) is 2.13. The number of hydrogen-bond acceptors (Lipinski definition) is 4. The van der Waals surface area contributed by atoms with Gasteiger partial charge in [-0.3, -0.25) is 4.79 Å². The van der Waals surface area contributed by atoms with Gasteiger partial charge in [0.15, 0.2) is 5.65 Å². The molecule has 2 N–H and O–H groups in total. The number of thioether (sulfide) groups is 1. The first kappa shape index (κ1) is 13.6. The Bertz CT molecular complexity index is 812. The summed E-state index contributed by atoms with van der Waals surface area (Å²) in [5.74, 6) is 0.508. The fraction of sp³-hybridized carbons (Fsp3) is 0.133. The van der Waals surface area contributed by atoms with Gasteiger partial charge in [-0.2, -0.15) is 5.10 Å². The van der Waals surface area contributed by atoms with Gasteiger partial charge >= 0.3 is 0 Å². The van der Waals surface area contributed by atoms with E-state index in [1.165, 1.54) is 11.1 Å². The Morgan fingerprint density at radius 3 is 2.95 bits per heavy atom. The van der Waals surface area contributed by atoms with Gasteiger partial charge in [0.2, 0.25) is 0 Å². The average Bonchev–Trinajstić information content (AvgIpc) is 2.91. The van der Waals surface area contributed by atoms with Crippen LogP contribution >= 0.6 is 11.8 Å². The van der Waals surface area contributed by atoms with E-state index in [1.54, 1.807) is 22.5 Å². The standard InChI is InChI=1S/C15H14N4OS/c1-2-21-12-5-3-4-10(6-12)11-7-17-15-13(14(16)20)8-18-19(15)9-11/h3-9H,2H2,1H3,(H2,16,20). The summed E-state index contributed by atoms with van der Waals surface area (Å²) in [4.78, 5) is 16.8. The number of primary amides is 1. The fourth-order valence-corrected chi connectivity index (χ4v) is 2.85. The normalized spacial score (nSPS) is 10.9. The second-order valence-electron chi connectivity index (χ2n) is 4.49. The molecule has 0 bridgehead atoms. The predicted octanol–water partition coefficient (Wildman–Crippen LogP) is 2.61.